The molecule has 0 aromatic rings. The maximum Gasteiger partial charge on any atom is 0.211 e. The molecule has 1 N–H and O–H groups in total. The Kier molecular flexibility index (Phi) is 9.08. The number of halogens is 1. The van der Waals surface area contributed by atoms with Crippen molar-refractivity contribution in [2.45, 2.75) is 45.1 Å². The number of hydrogen-bond acceptors (Lipinski definition) is 4. The van der Waals surface area contributed by atoms with Gasteiger partial charge in [0.25, 0.3) is 0 Å². The van der Waals surface area contributed by atoms with Crippen molar-refractivity contribution in [1.29, 1.82) is 0 Å². The van der Waals surface area contributed by atoms with Crippen LogP contribution < -0.4 is 5.32 Å². The monoisotopic (exact) mass is 513 g/mol. The van der Waals surface area contributed by atoms with Gasteiger partial charge in [0.15, 0.2) is 5.96 Å². The summed E-state index contributed by atoms with van der Waals surface area (Å²) in [6.07, 6.45) is 7.04. The third-order valence-corrected chi connectivity index (χ3v) is 7.30. The van der Waals surface area contributed by atoms with Crippen molar-refractivity contribution in [2.24, 2.45) is 10.9 Å². The summed E-state index contributed by atoms with van der Waals surface area (Å²) in [6, 6.07) is 0.680. The Morgan fingerprint density at radius 3 is 2.33 bits per heavy atom. The topological polar surface area (TPSA) is 68.2 Å². The number of nitrogens with one attached hydrogen (secondary N) is 1. The van der Waals surface area contributed by atoms with Crippen LogP contribution in [0.5, 0.6) is 0 Å². The van der Waals surface area contributed by atoms with Crippen LogP contribution >= 0.6 is 24.0 Å². The number of sulfonamides is 1. The smallest absolute Gasteiger partial charge is 0.211 e. The van der Waals surface area contributed by atoms with Crippen LogP contribution in [0.1, 0.15) is 39.0 Å². The Labute approximate surface area is 182 Å². The SMILES string of the molecule is CCNC(=NCC1CCN(S(C)(=O)=O)CC1)N1CCC(N2CCCC2)C1.I. The molecule has 0 aromatic heterocycles. The third-order valence-electron chi connectivity index (χ3n) is 6.00. The second kappa shape index (κ2) is 10.6. The Morgan fingerprint density at radius 1 is 1.07 bits per heavy atom. The molecule has 1 unspecified atom stereocenters. The highest BCUT2D eigenvalue weighted by Gasteiger charge is 2.31. The first-order chi connectivity index (χ1) is 12.5. The Morgan fingerprint density at radius 2 is 1.74 bits per heavy atom. The fourth-order valence-electron chi connectivity index (χ4n) is 4.40. The molecule has 9 heteroatoms. The Balaban J connectivity index is 0.00000261. The van der Waals surface area contributed by atoms with E-state index in [2.05, 4.69) is 22.0 Å². The normalized spacial score (nSPS) is 26.4. The number of hydrogen-bond donors (Lipinski definition) is 1. The molecule has 27 heavy (non-hydrogen) atoms. The van der Waals surface area contributed by atoms with Crippen LogP contribution in [0, 0.1) is 5.92 Å². The zero-order valence-electron chi connectivity index (χ0n) is 16.8. The van der Waals surface area contributed by atoms with Gasteiger partial charge in [-0.05, 0) is 58.0 Å². The number of rotatable bonds is 5. The van der Waals surface area contributed by atoms with E-state index >= 15 is 0 Å². The van der Waals surface area contributed by atoms with E-state index in [4.69, 9.17) is 4.99 Å². The van der Waals surface area contributed by atoms with E-state index in [1.807, 2.05) is 0 Å². The molecule has 3 heterocycles. The molecule has 0 spiro atoms. The molecule has 3 saturated heterocycles. The summed E-state index contributed by atoms with van der Waals surface area (Å²) in [5.74, 6) is 1.53. The maximum atomic E-state index is 11.6. The van der Waals surface area contributed by atoms with Crippen LogP contribution in [-0.4, -0.2) is 93.1 Å². The average molecular weight is 513 g/mol. The van der Waals surface area contributed by atoms with Gasteiger partial charge >= 0.3 is 0 Å². The van der Waals surface area contributed by atoms with Crippen LogP contribution in [0.4, 0.5) is 0 Å². The molecule has 3 aliphatic heterocycles. The first-order valence-electron chi connectivity index (χ1n) is 10.2. The molecule has 0 saturated carbocycles. The molecule has 0 aromatic carbocycles. The fourth-order valence-corrected chi connectivity index (χ4v) is 5.28. The molecule has 7 nitrogen and oxygen atoms in total. The van der Waals surface area contributed by atoms with E-state index in [1.165, 1.54) is 38.6 Å². The third kappa shape index (κ3) is 6.43. The highest BCUT2D eigenvalue weighted by molar-refractivity contribution is 14.0. The number of likely N-dealkylation sites (tertiary alicyclic amines) is 2. The van der Waals surface area contributed by atoms with E-state index in [0.717, 1.165) is 45.0 Å². The van der Waals surface area contributed by atoms with Gasteiger partial charge in [-0.15, -0.1) is 24.0 Å². The van der Waals surface area contributed by atoms with Gasteiger partial charge in [-0.25, -0.2) is 12.7 Å². The summed E-state index contributed by atoms with van der Waals surface area (Å²) in [6.45, 7) is 9.75. The lowest BCUT2D eigenvalue weighted by atomic mass is 9.98. The van der Waals surface area contributed by atoms with Crippen LogP contribution in [-0.2, 0) is 10.0 Å². The Hall–Kier alpha value is -0.130. The lowest BCUT2D eigenvalue weighted by molar-refractivity contribution is 0.249. The Bertz CT molecular complexity index is 587. The molecule has 3 rings (SSSR count). The van der Waals surface area contributed by atoms with Gasteiger partial charge in [0.2, 0.25) is 10.0 Å². The lowest BCUT2D eigenvalue weighted by Gasteiger charge is -2.30. The molecule has 0 bridgehead atoms. The molecular weight excluding hydrogens is 477 g/mol. The van der Waals surface area contributed by atoms with Gasteiger partial charge in [-0.3, -0.25) is 9.89 Å². The number of nitrogens with zero attached hydrogens (tertiary/aromatic N) is 4. The van der Waals surface area contributed by atoms with Crippen molar-refractivity contribution in [3.05, 3.63) is 0 Å². The second-order valence-electron chi connectivity index (χ2n) is 7.93. The van der Waals surface area contributed by atoms with Gasteiger partial charge in [-0.2, -0.15) is 0 Å². The van der Waals surface area contributed by atoms with Crippen molar-refractivity contribution in [3.63, 3.8) is 0 Å². The lowest BCUT2D eigenvalue weighted by Crippen LogP contribution is -2.43. The highest BCUT2D eigenvalue weighted by atomic mass is 127. The first-order valence-corrected chi connectivity index (χ1v) is 12.0. The molecule has 0 aliphatic carbocycles. The van der Waals surface area contributed by atoms with Crippen molar-refractivity contribution in [2.75, 3.05) is 58.6 Å². The van der Waals surface area contributed by atoms with Gasteiger partial charge in [0.05, 0.1) is 6.26 Å². The van der Waals surface area contributed by atoms with E-state index in [9.17, 15) is 8.42 Å². The zero-order chi connectivity index (χ0) is 18.6. The fraction of sp³-hybridized carbons (Fsp3) is 0.944. The van der Waals surface area contributed by atoms with E-state index in [1.54, 1.807) is 4.31 Å². The molecule has 3 aliphatic rings. The van der Waals surface area contributed by atoms with Crippen molar-refractivity contribution in [3.8, 4) is 0 Å². The quantitative estimate of drug-likeness (QED) is 0.342. The van der Waals surface area contributed by atoms with Crippen LogP contribution in [0.3, 0.4) is 0 Å². The molecular formula is C18H36IN5O2S. The predicted molar refractivity (Wildman–Crippen MR) is 121 cm³/mol. The summed E-state index contributed by atoms with van der Waals surface area (Å²) in [4.78, 5) is 9.97. The van der Waals surface area contributed by atoms with Crippen LogP contribution in [0.15, 0.2) is 4.99 Å². The van der Waals surface area contributed by atoms with Crippen LogP contribution in [0.2, 0.25) is 0 Å². The standard InChI is InChI=1S/C18H35N5O2S.HI/c1-3-19-18(22-11-8-17(15-22)21-9-4-5-10-21)20-14-16-6-12-23(13-7-16)26(2,24)25;/h16-17H,3-15H2,1-2H3,(H,19,20);1H. The van der Waals surface area contributed by atoms with Crippen LogP contribution in [0.25, 0.3) is 0 Å². The molecule has 0 amide bonds. The summed E-state index contributed by atoms with van der Waals surface area (Å²) in [5, 5.41) is 3.46. The van der Waals surface area contributed by atoms with Crippen molar-refractivity contribution < 1.29 is 8.42 Å². The van der Waals surface area contributed by atoms with Gasteiger partial charge < -0.3 is 10.2 Å². The number of guanidine groups is 1. The molecule has 1 atom stereocenters. The van der Waals surface area contributed by atoms with E-state index < -0.39 is 10.0 Å². The van der Waals surface area contributed by atoms with Gasteiger partial charge in [-0.1, -0.05) is 0 Å². The zero-order valence-corrected chi connectivity index (χ0v) is 19.9. The highest BCUT2D eigenvalue weighted by Crippen LogP contribution is 2.22. The predicted octanol–water partition coefficient (Wildman–Crippen LogP) is 1.41. The van der Waals surface area contributed by atoms with E-state index in [0.29, 0.717) is 25.0 Å². The molecule has 0 radical (unpaired) electrons. The summed E-state index contributed by atoms with van der Waals surface area (Å²) >= 11 is 0. The van der Waals surface area contributed by atoms with Crippen molar-refractivity contribution >= 4 is 40.0 Å². The summed E-state index contributed by atoms with van der Waals surface area (Å²) < 4.78 is 24.9. The second-order valence-corrected chi connectivity index (χ2v) is 9.91. The van der Waals surface area contributed by atoms with Gasteiger partial charge in [0.1, 0.15) is 0 Å². The van der Waals surface area contributed by atoms with Crippen molar-refractivity contribution in [1.82, 2.24) is 19.4 Å². The van der Waals surface area contributed by atoms with Gasteiger partial charge in [0, 0.05) is 45.3 Å². The molecule has 3 fully saturated rings. The minimum absolute atomic E-state index is 0. The summed E-state index contributed by atoms with van der Waals surface area (Å²) in [7, 11) is -3.04. The van der Waals surface area contributed by atoms with E-state index in [-0.39, 0.29) is 24.0 Å². The average Bonchev–Trinajstić information content (AvgIpc) is 3.29. The summed E-state index contributed by atoms with van der Waals surface area (Å²) in [5.41, 5.74) is 0. The number of piperidine rings is 1. The maximum absolute atomic E-state index is 11.6. The minimum Gasteiger partial charge on any atom is -0.357 e. The first kappa shape index (κ1) is 23.2. The largest absolute Gasteiger partial charge is 0.357 e. The minimum atomic E-state index is -3.04. The molecule has 158 valence electrons. The number of aliphatic imine (C=N–C) groups is 1.